The summed E-state index contributed by atoms with van der Waals surface area (Å²) in [5, 5.41) is 13.8. The van der Waals surface area contributed by atoms with E-state index in [4.69, 9.17) is 14.2 Å². The summed E-state index contributed by atoms with van der Waals surface area (Å²) in [7, 11) is 3.62. The van der Waals surface area contributed by atoms with Crippen molar-refractivity contribution in [1.82, 2.24) is 10.2 Å². The summed E-state index contributed by atoms with van der Waals surface area (Å²) in [6.07, 6.45) is 0.649. The average molecular weight is 431 g/mol. The van der Waals surface area contributed by atoms with Crippen molar-refractivity contribution in [3.8, 4) is 11.5 Å². The Bertz CT molecular complexity index is 740. The van der Waals surface area contributed by atoms with E-state index in [0.717, 1.165) is 38.2 Å². The van der Waals surface area contributed by atoms with Crippen molar-refractivity contribution in [3.63, 3.8) is 0 Å². The molecule has 0 fully saturated rings. The van der Waals surface area contributed by atoms with Gasteiger partial charge in [-0.15, -0.1) is 0 Å². The van der Waals surface area contributed by atoms with Gasteiger partial charge in [0.2, 0.25) is 0 Å². The first-order valence-corrected chi connectivity index (χ1v) is 11.0. The van der Waals surface area contributed by atoms with Gasteiger partial charge in [-0.3, -0.25) is 4.90 Å². The normalized spacial score (nSPS) is 12.4. The van der Waals surface area contributed by atoms with Crippen LogP contribution in [-0.2, 0) is 17.8 Å². The van der Waals surface area contributed by atoms with E-state index in [-0.39, 0.29) is 12.7 Å². The minimum Gasteiger partial charge on any atom is -0.493 e. The predicted octanol–water partition coefficient (Wildman–Crippen LogP) is 3.47. The molecule has 6 heteroatoms. The molecular weight excluding hydrogens is 392 g/mol. The predicted molar refractivity (Wildman–Crippen MR) is 125 cm³/mol. The Morgan fingerprint density at radius 3 is 2.52 bits per heavy atom. The average Bonchev–Trinajstić information content (AvgIpc) is 2.75. The van der Waals surface area contributed by atoms with Crippen molar-refractivity contribution >= 4 is 0 Å². The van der Waals surface area contributed by atoms with Crippen LogP contribution >= 0.6 is 0 Å². The van der Waals surface area contributed by atoms with Gasteiger partial charge in [0, 0.05) is 26.2 Å². The highest BCUT2D eigenvalue weighted by atomic mass is 16.5. The van der Waals surface area contributed by atoms with Gasteiger partial charge in [-0.1, -0.05) is 36.4 Å². The summed E-state index contributed by atoms with van der Waals surface area (Å²) in [5.74, 6) is 1.31. The number of aliphatic hydroxyl groups excluding tert-OH is 1. The largest absolute Gasteiger partial charge is 0.493 e. The highest BCUT2D eigenvalue weighted by Crippen LogP contribution is 2.28. The van der Waals surface area contributed by atoms with Gasteiger partial charge in [-0.2, -0.15) is 0 Å². The molecule has 2 aromatic carbocycles. The molecule has 0 aliphatic carbocycles. The lowest BCUT2D eigenvalue weighted by Crippen LogP contribution is -2.32. The zero-order valence-corrected chi connectivity index (χ0v) is 19.3. The standard InChI is InChI=1S/C25H38N2O4/c1-20(2)30-14-8-13-26-16-22-11-12-24(29-4)25(15-22)31-19-23(28)18-27(3)17-21-9-6-5-7-10-21/h5-7,9-12,15,20,23,26,28H,8,13-14,16-19H2,1-4H3/t23-/m0/s1. The molecule has 0 saturated carbocycles. The second kappa shape index (κ2) is 14.0. The van der Waals surface area contributed by atoms with E-state index in [2.05, 4.69) is 22.3 Å². The summed E-state index contributed by atoms with van der Waals surface area (Å²) < 4.78 is 16.9. The fraction of sp³-hybridized carbons (Fsp3) is 0.520. The Kier molecular flexibility index (Phi) is 11.4. The number of hydrogen-bond donors (Lipinski definition) is 2. The van der Waals surface area contributed by atoms with Crippen molar-refractivity contribution in [1.29, 1.82) is 0 Å². The molecule has 172 valence electrons. The summed E-state index contributed by atoms with van der Waals surface area (Å²) in [5.41, 5.74) is 2.33. The van der Waals surface area contributed by atoms with E-state index < -0.39 is 6.10 Å². The Hall–Kier alpha value is -2.12. The Labute approximate surface area is 187 Å². The number of nitrogens with one attached hydrogen (secondary N) is 1. The lowest BCUT2D eigenvalue weighted by Gasteiger charge is -2.21. The molecule has 0 unspecified atom stereocenters. The van der Waals surface area contributed by atoms with Crippen LogP contribution in [0.15, 0.2) is 48.5 Å². The van der Waals surface area contributed by atoms with Crippen molar-refractivity contribution in [2.24, 2.45) is 0 Å². The molecule has 0 aromatic heterocycles. The third kappa shape index (κ3) is 10.2. The van der Waals surface area contributed by atoms with Crippen LogP contribution in [0, 0.1) is 0 Å². The van der Waals surface area contributed by atoms with Crippen molar-refractivity contribution in [2.75, 3.05) is 40.5 Å². The first kappa shape index (κ1) is 25.1. The van der Waals surface area contributed by atoms with E-state index in [9.17, 15) is 5.11 Å². The number of hydrogen-bond acceptors (Lipinski definition) is 6. The molecule has 2 N–H and O–H groups in total. The van der Waals surface area contributed by atoms with Gasteiger partial charge < -0.3 is 24.6 Å². The molecule has 31 heavy (non-hydrogen) atoms. The number of benzene rings is 2. The Balaban J connectivity index is 1.78. The summed E-state index contributed by atoms with van der Waals surface area (Å²) in [6, 6.07) is 16.1. The van der Waals surface area contributed by atoms with Gasteiger partial charge in [0.1, 0.15) is 12.7 Å². The number of likely N-dealkylation sites (N-methyl/N-ethyl adjacent to an activating group) is 1. The van der Waals surface area contributed by atoms with E-state index in [1.54, 1.807) is 7.11 Å². The first-order valence-electron chi connectivity index (χ1n) is 11.0. The molecule has 0 spiro atoms. The summed E-state index contributed by atoms with van der Waals surface area (Å²) >= 11 is 0. The highest BCUT2D eigenvalue weighted by molar-refractivity contribution is 5.43. The molecule has 1 atom stereocenters. The molecule has 0 radical (unpaired) electrons. The quantitative estimate of drug-likeness (QED) is 0.422. The Morgan fingerprint density at radius 2 is 1.81 bits per heavy atom. The minimum absolute atomic E-state index is 0.207. The molecule has 0 bridgehead atoms. The monoisotopic (exact) mass is 430 g/mol. The smallest absolute Gasteiger partial charge is 0.161 e. The van der Waals surface area contributed by atoms with E-state index in [1.165, 1.54) is 5.56 Å². The third-order valence-electron chi connectivity index (χ3n) is 4.76. The molecule has 2 aromatic rings. The molecule has 0 amide bonds. The molecule has 6 nitrogen and oxygen atoms in total. The topological polar surface area (TPSA) is 63.2 Å². The molecule has 2 rings (SSSR count). The molecule has 0 heterocycles. The molecule has 0 aliphatic heterocycles. The van der Waals surface area contributed by atoms with Gasteiger partial charge >= 0.3 is 0 Å². The van der Waals surface area contributed by atoms with Crippen molar-refractivity contribution < 1.29 is 19.3 Å². The number of methoxy groups -OCH3 is 1. The number of rotatable bonds is 15. The van der Waals surface area contributed by atoms with E-state index in [1.807, 2.05) is 57.3 Å². The fourth-order valence-electron chi connectivity index (χ4n) is 3.25. The number of nitrogens with zero attached hydrogens (tertiary/aromatic N) is 1. The lowest BCUT2D eigenvalue weighted by atomic mass is 10.2. The van der Waals surface area contributed by atoms with Crippen LogP contribution in [0.1, 0.15) is 31.4 Å². The minimum atomic E-state index is -0.596. The van der Waals surface area contributed by atoms with E-state index in [0.29, 0.717) is 18.0 Å². The van der Waals surface area contributed by atoms with Crippen molar-refractivity contribution in [3.05, 3.63) is 59.7 Å². The lowest BCUT2D eigenvalue weighted by molar-refractivity contribution is 0.0732. The van der Waals surface area contributed by atoms with Crippen LogP contribution in [-0.4, -0.2) is 62.7 Å². The fourth-order valence-corrected chi connectivity index (χ4v) is 3.25. The number of ether oxygens (including phenoxy) is 3. The highest BCUT2D eigenvalue weighted by Gasteiger charge is 2.12. The molecule has 0 aliphatic rings. The van der Waals surface area contributed by atoms with Crippen LogP contribution in [0.5, 0.6) is 11.5 Å². The summed E-state index contributed by atoms with van der Waals surface area (Å²) in [6.45, 7) is 8.00. The van der Waals surface area contributed by atoms with Crippen molar-refractivity contribution in [2.45, 2.75) is 45.6 Å². The zero-order valence-electron chi connectivity index (χ0n) is 19.3. The SMILES string of the molecule is COc1ccc(CNCCCOC(C)C)cc1OC[C@@H](O)CN(C)Cc1ccccc1. The van der Waals surface area contributed by atoms with Gasteiger partial charge in [0.25, 0.3) is 0 Å². The van der Waals surface area contributed by atoms with Crippen LogP contribution < -0.4 is 14.8 Å². The maximum Gasteiger partial charge on any atom is 0.161 e. The van der Waals surface area contributed by atoms with Gasteiger partial charge in [-0.05, 0) is 57.1 Å². The van der Waals surface area contributed by atoms with Gasteiger partial charge in [0.05, 0.1) is 13.2 Å². The van der Waals surface area contributed by atoms with Gasteiger partial charge in [-0.25, -0.2) is 0 Å². The maximum absolute atomic E-state index is 10.4. The van der Waals surface area contributed by atoms with Gasteiger partial charge in [0.15, 0.2) is 11.5 Å². The zero-order chi connectivity index (χ0) is 22.5. The van der Waals surface area contributed by atoms with Crippen LogP contribution in [0.25, 0.3) is 0 Å². The first-order chi connectivity index (χ1) is 15.0. The molecular formula is C25H38N2O4. The van der Waals surface area contributed by atoms with Crippen LogP contribution in [0.4, 0.5) is 0 Å². The maximum atomic E-state index is 10.4. The Morgan fingerprint density at radius 1 is 1.03 bits per heavy atom. The number of aliphatic hydroxyl groups is 1. The van der Waals surface area contributed by atoms with E-state index >= 15 is 0 Å². The molecule has 0 saturated heterocycles. The summed E-state index contributed by atoms with van der Waals surface area (Å²) in [4.78, 5) is 2.09. The van der Waals surface area contributed by atoms with Crippen LogP contribution in [0.3, 0.4) is 0 Å². The second-order valence-corrected chi connectivity index (χ2v) is 8.08. The third-order valence-corrected chi connectivity index (χ3v) is 4.76. The van der Waals surface area contributed by atoms with Crippen LogP contribution in [0.2, 0.25) is 0 Å². The second-order valence-electron chi connectivity index (χ2n) is 8.08.